The van der Waals surface area contributed by atoms with Crippen LogP contribution in [-0.4, -0.2) is 20.4 Å². The summed E-state index contributed by atoms with van der Waals surface area (Å²) in [4.78, 5) is 34.7. The number of benzene rings is 2. The number of nitrogens with zero attached hydrogens (tertiary/aromatic N) is 3. The van der Waals surface area contributed by atoms with Crippen LogP contribution in [0.3, 0.4) is 0 Å². The molecule has 0 unspecified atom stereocenters. The highest BCUT2D eigenvalue weighted by molar-refractivity contribution is 6.05. The minimum atomic E-state index is -0.341. The summed E-state index contributed by atoms with van der Waals surface area (Å²) in [6.07, 6.45) is 6.80. The summed E-state index contributed by atoms with van der Waals surface area (Å²) >= 11 is 0. The molecule has 3 heterocycles. The van der Waals surface area contributed by atoms with Gasteiger partial charge in [-0.25, -0.2) is 9.97 Å². The first kappa shape index (κ1) is 20.4. The lowest BCUT2D eigenvalue weighted by Gasteiger charge is -2.12. The number of amides is 1. The molecule has 0 aliphatic rings. The molecule has 5 aromatic rings. The highest BCUT2D eigenvalue weighted by Gasteiger charge is 2.18. The predicted molar refractivity (Wildman–Crippen MR) is 125 cm³/mol. The first-order valence-corrected chi connectivity index (χ1v) is 10.5. The number of nitrogens with one attached hydrogen (secondary N) is 1. The molecular formula is C26H20N4O3. The lowest BCUT2D eigenvalue weighted by atomic mass is 10.0. The van der Waals surface area contributed by atoms with E-state index >= 15 is 0 Å². The van der Waals surface area contributed by atoms with Gasteiger partial charge in [0.05, 0.1) is 10.9 Å². The maximum absolute atomic E-state index is 13.2. The molecule has 0 saturated carbocycles. The maximum atomic E-state index is 13.2. The predicted octanol–water partition coefficient (Wildman–Crippen LogP) is 4.28. The minimum Gasteiger partial charge on any atom is -0.455 e. The van der Waals surface area contributed by atoms with Crippen LogP contribution in [0.15, 0.2) is 94.8 Å². The number of imidazole rings is 1. The number of aromatic nitrogens is 3. The Morgan fingerprint density at radius 1 is 1.03 bits per heavy atom. The summed E-state index contributed by atoms with van der Waals surface area (Å²) in [7, 11) is 0. The van der Waals surface area contributed by atoms with E-state index in [0.717, 1.165) is 11.1 Å². The van der Waals surface area contributed by atoms with Crippen LogP contribution in [0.1, 0.15) is 21.5 Å². The van der Waals surface area contributed by atoms with E-state index in [2.05, 4.69) is 15.3 Å². The number of carbonyl (C=O) groups is 1. The third kappa shape index (κ3) is 3.80. The Morgan fingerprint density at radius 2 is 1.88 bits per heavy atom. The van der Waals surface area contributed by atoms with Crippen LogP contribution in [0, 0.1) is 6.92 Å². The van der Waals surface area contributed by atoms with Crippen LogP contribution in [-0.2, 0) is 6.54 Å². The van der Waals surface area contributed by atoms with Crippen molar-refractivity contribution < 1.29 is 9.21 Å². The Hall–Kier alpha value is -4.52. The number of hydrogen-bond donors (Lipinski definition) is 1. The molecule has 2 aromatic carbocycles. The molecular weight excluding hydrogens is 416 g/mol. The fourth-order valence-corrected chi connectivity index (χ4v) is 3.81. The average molecular weight is 436 g/mol. The molecule has 162 valence electrons. The van der Waals surface area contributed by atoms with Crippen molar-refractivity contribution in [3.63, 3.8) is 0 Å². The van der Waals surface area contributed by atoms with E-state index in [9.17, 15) is 9.59 Å². The number of para-hydroxylation sites is 1. The second-order valence-corrected chi connectivity index (χ2v) is 7.57. The summed E-state index contributed by atoms with van der Waals surface area (Å²) in [5.74, 6) is 0.803. The van der Waals surface area contributed by atoms with Gasteiger partial charge in [-0.1, -0.05) is 42.5 Å². The monoisotopic (exact) mass is 436 g/mol. The topological polar surface area (TPSA) is 90.0 Å². The molecule has 7 nitrogen and oxygen atoms in total. The van der Waals surface area contributed by atoms with Crippen molar-refractivity contribution in [3.05, 3.63) is 112 Å². The quantitative estimate of drug-likeness (QED) is 0.444. The zero-order valence-electron chi connectivity index (χ0n) is 17.9. The molecule has 0 aliphatic carbocycles. The molecule has 0 spiro atoms. The molecule has 0 atom stereocenters. The van der Waals surface area contributed by atoms with Crippen molar-refractivity contribution in [1.29, 1.82) is 0 Å². The molecule has 0 bridgehead atoms. The zero-order chi connectivity index (χ0) is 22.8. The van der Waals surface area contributed by atoms with Gasteiger partial charge in [0, 0.05) is 41.8 Å². The van der Waals surface area contributed by atoms with Crippen molar-refractivity contribution in [2.45, 2.75) is 13.5 Å². The van der Waals surface area contributed by atoms with Crippen molar-refractivity contribution in [3.8, 4) is 17.1 Å². The Labute approximate surface area is 189 Å². The second kappa shape index (κ2) is 8.55. The number of rotatable bonds is 5. The second-order valence-electron chi connectivity index (χ2n) is 7.57. The van der Waals surface area contributed by atoms with E-state index in [1.807, 2.05) is 42.5 Å². The van der Waals surface area contributed by atoms with E-state index in [1.165, 1.54) is 0 Å². The van der Waals surface area contributed by atoms with E-state index in [1.54, 1.807) is 54.6 Å². The van der Waals surface area contributed by atoms with Crippen LogP contribution in [0.4, 0.5) is 0 Å². The van der Waals surface area contributed by atoms with Crippen LogP contribution < -0.4 is 10.7 Å². The molecule has 7 heteroatoms. The molecule has 1 N–H and O–H groups in total. The zero-order valence-corrected chi connectivity index (χ0v) is 17.9. The Bertz CT molecular complexity index is 1510. The van der Waals surface area contributed by atoms with Gasteiger partial charge in [0.2, 0.25) is 0 Å². The third-order valence-electron chi connectivity index (χ3n) is 5.48. The van der Waals surface area contributed by atoms with Gasteiger partial charge < -0.3 is 9.73 Å². The van der Waals surface area contributed by atoms with E-state index < -0.39 is 0 Å². The molecule has 0 fully saturated rings. The van der Waals surface area contributed by atoms with Gasteiger partial charge >= 0.3 is 0 Å². The van der Waals surface area contributed by atoms with Crippen LogP contribution in [0.25, 0.3) is 28.1 Å². The van der Waals surface area contributed by atoms with Gasteiger partial charge in [-0.05, 0) is 25.1 Å². The van der Waals surface area contributed by atoms with Crippen molar-refractivity contribution in [1.82, 2.24) is 19.9 Å². The van der Waals surface area contributed by atoms with Crippen LogP contribution >= 0.6 is 0 Å². The van der Waals surface area contributed by atoms with Gasteiger partial charge in [0.1, 0.15) is 17.9 Å². The fraction of sp³-hybridized carbons (Fsp3) is 0.0769. The normalized spacial score (nSPS) is 10.9. The molecule has 33 heavy (non-hydrogen) atoms. The summed E-state index contributed by atoms with van der Waals surface area (Å²) in [6.45, 7) is 1.98. The smallest absolute Gasteiger partial charge is 0.255 e. The summed E-state index contributed by atoms with van der Waals surface area (Å²) in [5.41, 5.74) is 2.53. The lowest BCUT2D eigenvalue weighted by molar-refractivity contribution is 0.0951. The Balaban J connectivity index is 1.51. The summed E-state index contributed by atoms with van der Waals surface area (Å²) in [6, 6.07) is 18.1. The molecule has 1 amide bonds. The van der Waals surface area contributed by atoms with Gasteiger partial charge in [0.15, 0.2) is 11.0 Å². The Kier molecular flexibility index (Phi) is 5.28. The van der Waals surface area contributed by atoms with Gasteiger partial charge in [0.25, 0.3) is 5.91 Å². The first-order valence-electron chi connectivity index (χ1n) is 10.5. The number of pyridine rings is 1. The van der Waals surface area contributed by atoms with E-state index in [4.69, 9.17) is 4.42 Å². The first-order chi connectivity index (χ1) is 16.1. The maximum Gasteiger partial charge on any atom is 0.255 e. The number of hydrogen-bond acceptors (Lipinski definition) is 5. The molecule has 5 rings (SSSR count). The molecule has 3 aromatic heterocycles. The SMILES string of the molecule is Cc1c(-c2ccccc2)oc2c(C(=O)NCc3cccnc3-n3ccnc3)cccc2c1=O. The molecule has 0 saturated heterocycles. The highest BCUT2D eigenvalue weighted by Crippen LogP contribution is 2.27. The molecule has 0 aliphatic heterocycles. The summed E-state index contributed by atoms with van der Waals surface area (Å²) < 4.78 is 7.95. The van der Waals surface area contributed by atoms with Crippen molar-refractivity contribution >= 4 is 16.9 Å². The largest absolute Gasteiger partial charge is 0.455 e. The van der Waals surface area contributed by atoms with Gasteiger partial charge in [-0.2, -0.15) is 0 Å². The summed E-state index contributed by atoms with van der Waals surface area (Å²) in [5, 5.41) is 3.30. The van der Waals surface area contributed by atoms with Crippen molar-refractivity contribution in [2.24, 2.45) is 0 Å². The highest BCUT2D eigenvalue weighted by atomic mass is 16.3. The molecule has 0 radical (unpaired) electrons. The Morgan fingerprint density at radius 3 is 2.67 bits per heavy atom. The minimum absolute atomic E-state index is 0.153. The number of fused-ring (bicyclic) bond motifs is 1. The number of carbonyl (C=O) groups excluding carboxylic acids is 1. The van der Waals surface area contributed by atoms with Crippen molar-refractivity contribution in [2.75, 3.05) is 0 Å². The lowest BCUT2D eigenvalue weighted by Crippen LogP contribution is -2.24. The average Bonchev–Trinajstić information content (AvgIpc) is 3.40. The van der Waals surface area contributed by atoms with Crippen LogP contribution in [0.5, 0.6) is 0 Å². The van der Waals surface area contributed by atoms with Gasteiger partial charge in [-0.3, -0.25) is 14.2 Å². The van der Waals surface area contributed by atoms with E-state index in [-0.39, 0.29) is 23.5 Å². The van der Waals surface area contributed by atoms with E-state index in [0.29, 0.717) is 28.1 Å². The van der Waals surface area contributed by atoms with Crippen LogP contribution in [0.2, 0.25) is 0 Å². The van der Waals surface area contributed by atoms with Gasteiger partial charge in [-0.15, -0.1) is 0 Å². The standard InChI is InChI=1S/C26H20N4O3/c1-17-22(31)20-10-5-11-21(24(20)33-23(17)18-7-3-2-4-8-18)26(32)29-15-19-9-6-12-28-25(19)30-14-13-27-16-30/h2-14,16H,15H2,1H3,(H,29,32). The third-order valence-corrected chi connectivity index (χ3v) is 5.48. The fourth-order valence-electron chi connectivity index (χ4n) is 3.81.